The summed E-state index contributed by atoms with van der Waals surface area (Å²) in [5, 5.41) is 3.18. The lowest BCUT2D eigenvalue weighted by Gasteiger charge is -2.51. The van der Waals surface area contributed by atoms with Gasteiger partial charge in [-0.1, -0.05) is 17.3 Å². The number of hydrogen-bond acceptors (Lipinski definition) is 2. The van der Waals surface area contributed by atoms with Crippen LogP contribution in [0.3, 0.4) is 0 Å². The first kappa shape index (κ1) is 5.05. The Bertz CT molecular complexity index is 235. The fraction of sp³-hybridized carbons (Fsp3) is 0.750. The molecule has 0 aromatic carbocycles. The molecule has 2 nitrogen and oxygen atoms in total. The van der Waals surface area contributed by atoms with Gasteiger partial charge in [0, 0.05) is 5.41 Å². The maximum atomic E-state index is 10.3. The maximum absolute atomic E-state index is 10.3. The zero-order valence-corrected chi connectivity index (χ0v) is 5.66. The van der Waals surface area contributed by atoms with E-state index in [2.05, 4.69) is 17.3 Å². The monoisotopic (exact) mass is 135 g/mol. The van der Waals surface area contributed by atoms with E-state index >= 15 is 0 Å². The van der Waals surface area contributed by atoms with Gasteiger partial charge in [0.25, 0.3) is 0 Å². The molecule has 0 aliphatic heterocycles. The van der Waals surface area contributed by atoms with Crippen molar-refractivity contribution in [3.63, 3.8) is 0 Å². The first-order valence-corrected chi connectivity index (χ1v) is 3.89. The minimum atomic E-state index is 0.132. The molecule has 4 atom stereocenters. The van der Waals surface area contributed by atoms with E-state index in [0.717, 1.165) is 18.3 Å². The quantitative estimate of drug-likeness (QED) is 0.397. The van der Waals surface area contributed by atoms with Crippen molar-refractivity contribution in [3.05, 3.63) is 17.1 Å². The number of allylic oxidation sites excluding steroid dienone is 1. The van der Waals surface area contributed by atoms with Crippen LogP contribution in [0, 0.1) is 22.2 Å². The van der Waals surface area contributed by atoms with Crippen molar-refractivity contribution in [2.45, 2.75) is 18.9 Å². The topological polar surface area (TPSA) is 29.4 Å². The third-order valence-corrected chi connectivity index (χ3v) is 3.63. The number of fused-ring (bicyclic) bond motifs is 1. The average Bonchev–Trinajstić information content (AvgIpc) is 2.36. The van der Waals surface area contributed by atoms with Crippen molar-refractivity contribution in [3.8, 4) is 0 Å². The van der Waals surface area contributed by atoms with E-state index in [1.54, 1.807) is 0 Å². The molecule has 3 unspecified atom stereocenters. The van der Waals surface area contributed by atoms with Crippen LogP contribution in [0.5, 0.6) is 0 Å². The van der Waals surface area contributed by atoms with Gasteiger partial charge in [0.05, 0.1) is 0 Å². The van der Waals surface area contributed by atoms with E-state index in [4.69, 9.17) is 0 Å². The molecule has 0 amide bonds. The smallest absolute Gasteiger partial charge is 0.102 e. The highest BCUT2D eigenvalue weighted by Gasteiger charge is 2.66. The molecule has 0 radical (unpaired) electrons. The fourth-order valence-electron chi connectivity index (χ4n) is 3.02. The van der Waals surface area contributed by atoms with E-state index < -0.39 is 0 Å². The van der Waals surface area contributed by atoms with E-state index in [1.807, 2.05) is 0 Å². The molecule has 2 bridgehead atoms. The average molecular weight is 135 g/mol. The van der Waals surface area contributed by atoms with Crippen LogP contribution in [0.1, 0.15) is 12.8 Å². The summed E-state index contributed by atoms with van der Waals surface area (Å²) in [4.78, 5) is 10.3. The Morgan fingerprint density at radius 2 is 2.50 bits per heavy atom. The molecule has 3 saturated carbocycles. The largest absolute Gasteiger partial charge is 0.150 e. The van der Waals surface area contributed by atoms with Crippen LogP contribution in [0.15, 0.2) is 17.3 Å². The predicted molar refractivity (Wildman–Crippen MR) is 37.4 cm³/mol. The summed E-state index contributed by atoms with van der Waals surface area (Å²) in [6.45, 7) is 0. The van der Waals surface area contributed by atoms with Crippen LogP contribution in [0.2, 0.25) is 0 Å². The SMILES string of the molecule is O=N[C@@H]1CC2CC13C=CC23. The van der Waals surface area contributed by atoms with Crippen LogP contribution in [-0.4, -0.2) is 6.04 Å². The summed E-state index contributed by atoms with van der Waals surface area (Å²) in [6, 6.07) is 0.132. The van der Waals surface area contributed by atoms with Gasteiger partial charge < -0.3 is 0 Å². The van der Waals surface area contributed by atoms with Gasteiger partial charge >= 0.3 is 0 Å². The molecular formula is C8H9NO. The van der Waals surface area contributed by atoms with Crippen molar-refractivity contribution >= 4 is 0 Å². The van der Waals surface area contributed by atoms with Gasteiger partial charge in [-0.3, -0.25) is 0 Å². The van der Waals surface area contributed by atoms with Crippen molar-refractivity contribution in [2.75, 3.05) is 0 Å². The molecule has 0 aromatic rings. The van der Waals surface area contributed by atoms with E-state index in [9.17, 15) is 4.91 Å². The van der Waals surface area contributed by atoms with Gasteiger partial charge in [0.15, 0.2) is 0 Å². The molecular weight excluding hydrogens is 126 g/mol. The lowest BCUT2D eigenvalue weighted by molar-refractivity contribution is 0.0830. The first-order chi connectivity index (χ1) is 4.87. The maximum Gasteiger partial charge on any atom is 0.102 e. The van der Waals surface area contributed by atoms with Crippen LogP contribution < -0.4 is 0 Å². The van der Waals surface area contributed by atoms with Crippen LogP contribution in [0.4, 0.5) is 0 Å². The summed E-state index contributed by atoms with van der Waals surface area (Å²) in [5.74, 6) is 1.56. The third-order valence-electron chi connectivity index (χ3n) is 3.63. The second-order valence-corrected chi connectivity index (χ2v) is 3.82. The number of nitrogens with zero attached hydrogens (tertiary/aromatic N) is 1. The summed E-state index contributed by atoms with van der Waals surface area (Å²) in [7, 11) is 0. The van der Waals surface area contributed by atoms with Crippen molar-refractivity contribution < 1.29 is 0 Å². The zero-order valence-electron chi connectivity index (χ0n) is 5.66. The second-order valence-electron chi connectivity index (χ2n) is 3.82. The molecule has 0 N–H and O–H groups in total. The second kappa shape index (κ2) is 1.20. The molecule has 0 heterocycles. The van der Waals surface area contributed by atoms with Gasteiger partial charge in [-0.15, -0.1) is 0 Å². The summed E-state index contributed by atoms with van der Waals surface area (Å²) in [5.41, 5.74) is 0.284. The normalized spacial score (nSPS) is 60.6. The molecule has 4 aliphatic rings. The van der Waals surface area contributed by atoms with Crippen molar-refractivity contribution in [2.24, 2.45) is 22.4 Å². The Hall–Kier alpha value is -0.660. The lowest BCUT2D eigenvalue weighted by atomic mass is 9.53. The molecule has 10 heavy (non-hydrogen) atoms. The first-order valence-electron chi connectivity index (χ1n) is 3.89. The molecule has 0 saturated heterocycles. The number of rotatable bonds is 1. The van der Waals surface area contributed by atoms with Crippen LogP contribution in [0.25, 0.3) is 0 Å². The van der Waals surface area contributed by atoms with Crippen molar-refractivity contribution in [1.29, 1.82) is 0 Å². The van der Waals surface area contributed by atoms with Crippen LogP contribution >= 0.6 is 0 Å². The molecule has 2 heteroatoms. The highest BCUT2D eigenvalue weighted by Crippen LogP contribution is 2.70. The standard InChI is InChI=1S/C8H9NO/c10-9-7-3-5-4-8(7)2-1-6(5)8/h1-2,5-7H,3-4H2/t5?,6?,7-,8?/m1/s1. The minimum absolute atomic E-state index is 0.132. The zero-order chi connectivity index (χ0) is 6.77. The third kappa shape index (κ3) is 0.282. The van der Waals surface area contributed by atoms with Crippen LogP contribution in [-0.2, 0) is 0 Å². The summed E-state index contributed by atoms with van der Waals surface area (Å²) >= 11 is 0. The molecule has 4 rings (SSSR count). The highest BCUT2D eigenvalue weighted by molar-refractivity contribution is 5.35. The minimum Gasteiger partial charge on any atom is -0.150 e. The Balaban J connectivity index is 2.06. The molecule has 52 valence electrons. The summed E-state index contributed by atoms with van der Waals surface area (Å²) < 4.78 is 0. The van der Waals surface area contributed by atoms with Gasteiger partial charge in [-0.05, 0) is 24.7 Å². The molecule has 0 aromatic heterocycles. The lowest BCUT2D eigenvalue weighted by Crippen LogP contribution is -2.47. The Kier molecular flexibility index (Phi) is 0.607. The summed E-state index contributed by atoms with van der Waals surface area (Å²) in [6.07, 6.45) is 6.75. The molecule has 3 fully saturated rings. The number of hydrogen-bond donors (Lipinski definition) is 0. The van der Waals surface area contributed by atoms with Gasteiger partial charge in [0.1, 0.15) is 6.04 Å². The Morgan fingerprint density at radius 3 is 2.80 bits per heavy atom. The van der Waals surface area contributed by atoms with Gasteiger partial charge in [0.2, 0.25) is 0 Å². The highest BCUT2D eigenvalue weighted by atomic mass is 16.3. The predicted octanol–water partition coefficient (Wildman–Crippen LogP) is 1.72. The fourth-order valence-corrected chi connectivity index (χ4v) is 3.02. The van der Waals surface area contributed by atoms with Crippen molar-refractivity contribution in [1.82, 2.24) is 0 Å². The van der Waals surface area contributed by atoms with Gasteiger partial charge in [-0.2, -0.15) is 4.91 Å². The Labute approximate surface area is 59.3 Å². The molecule has 4 aliphatic carbocycles. The van der Waals surface area contributed by atoms with E-state index in [-0.39, 0.29) is 11.5 Å². The Morgan fingerprint density at radius 1 is 1.60 bits per heavy atom. The van der Waals surface area contributed by atoms with Gasteiger partial charge in [-0.25, -0.2) is 0 Å². The number of nitroso groups, excluding NO2 is 1. The van der Waals surface area contributed by atoms with E-state index in [0.29, 0.717) is 0 Å². The molecule has 1 spiro atoms. The van der Waals surface area contributed by atoms with E-state index in [1.165, 1.54) is 6.42 Å².